The maximum absolute atomic E-state index is 6.15. The Bertz CT molecular complexity index is 435. The fraction of sp³-hybridized carbons (Fsp3) is 0.600. The van der Waals surface area contributed by atoms with E-state index in [2.05, 4.69) is 59.4 Å². The van der Waals surface area contributed by atoms with Crippen LogP contribution in [-0.4, -0.2) is 12.7 Å². The van der Waals surface area contributed by atoms with Crippen LogP contribution in [0.5, 0.6) is 0 Å². The van der Waals surface area contributed by atoms with E-state index in [1.165, 1.54) is 16.7 Å². The summed E-state index contributed by atoms with van der Waals surface area (Å²) < 4.78 is 6.15. The molecular weight excluding hydrogens is 256 g/mol. The van der Waals surface area contributed by atoms with Gasteiger partial charge in [-0.05, 0) is 57.9 Å². The van der Waals surface area contributed by atoms with E-state index in [4.69, 9.17) is 4.74 Å². The van der Waals surface area contributed by atoms with Crippen molar-refractivity contribution in [2.75, 3.05) is 6.61 Å². The Morgan fingerprint density at radius 3 is 2.52 bits per heavy atom. The van der Waals surface area contributed by atoms with Crippen molar-refractivity contribution in [3.8, 4) is 0 Å². The summed E-state index contributed by atoms with van der Waals surface area (Å²) in [5.41, 5.74) is 5.40. The van der Waals surface area contributed by atoms with Crippen LogP contribution in [0.2, 0.25) is 0 Å². The molecule has 0 aromatic heterocycles. The minimum Gasteiger partial charge on any atom is -0.370 e. The van der Waals surface area contributed by atoms with Crippen molar-refractivity contribution in [2.24, 2.45) is 5.92 Å². The molecule has 1 heteroatoms. The predicted molar refractivity (Wildman–Crippen MR) is 93.5 cm³/mol. The summed E-state index contributed by atoms with van der Waals surface area (Å²) >= 11 is 0. The molecule has 118 valence electrons. The van der Waals surface area contributed by atoms with Crippen molar-refractivity contribution in [1.82, 2.24) is 0 Å². The number of hydrogen-bond acceptors (Lipinski definition) is 1. The molecule has 0 fully saturated rings. The zero-order valence-electron chi connectivity index (χ0n) is 14.5. The van der Waals surface area contributed by atoms with E-state index in [0.717, 1.165) is 31.3 Å². The van der Waals surface area contributed by atoms with E-state index < -0.39 is 0 Å². The first-order valence-electron chi connectivity index (χ1n) is 8.19. The summed E-state index contributed by atoms with van der Waals surface area (Å²) in [6.45, 7) is 15.8. The standard InChI is InChI=1S/C20H32O/c1-15(2)19-12-10-17(5)8-7-9-18(6)11-13-20(16(3)4)21-14-19/h9-10,12,15,20H,3,7-8,11,13-14H2,1-2,4-6H3/b17-10-,18-9+,19-12-/t20-/m0/s1. The molecule has 0 aromatic carbocycles. The second-order valence-electron chi connectivity index (χ2n) is 6.68. The lowest BCUT2D eigenvalue weighted by molar-refractivity contribution is 0.0862. The van der Waals surface area contributed by atoms with Gasteiger partial charge in [0.15, 0.2) is 0 Å². The van der Waals surface area contributed by atoms with Crippen LogP contribution in [0, 0.1) is 5.92 Å². The van der Waals surface area contributed by atoms with Gasteiger partial charge in [0, 0.05) is 0 Å². The molecule has 0 saturated carbocycles. The van der Waals surface area contributed by atoms with E-state index in [9.17, 15) is 0 Å². The van der Waals surface area contributed by atoms with Crippen LogP contribution in [0.3, 0.4) is 0 Å². The summed E-state index contributed by atoms with van der Waals surface area (Å²) in [6, 6.07) is 0. The fourth-order valence-corrected chi connectivity index (χ4v) is 2.42. The SMILES string of the molecule is C=C(C)[C@@H]1CC/C(C)=C/CC/C(C)=C\C=C(/C(C)C)CO1. The Hall–Kier alpha value is -1.08. The number of hydrogen-bond donors (Lipinski definition) is 0. The first kappa shape index (κ1) is 18.0. The molecular formula is C20H32O. The third-order valence-corrected chi connectivity index (χ3v) is 4.16. The molecule has 1 heterocycles. The van der Waals surface area contributed by atoms with Crippen molar-refractivity contribution in [2.45, 2.75) is 66.4 Å². The second-order valence-corrected chi connectivity index (χ2v) is 6.68. The van der Waals surface area contributed by atoms with E-state index in [-0.39, 0.29) is 6.10 Å². The van der Waals surface area contributed by atoms with Gasteiger partial charge in [0.2, 0.25) is 0 Å². The molecule has 1 aliphatic heterocycles. The Balaban J connectivity index is 2.93. The number of ether oxygens (including phenoxy) is 1. The summed E-state index contributed by atoms with van der Waals surface area (Å²) in [5.74, 6) is 0.518. The normalized spacial score (nSPS) is 29.8. The van der Waals surface area contributed by atoms with Crippen LogP contribution in [0.15, 0.2) is 47.1 Å². The van der Waals surface area contributed by atoms with Gasteiger partial charge in [-0.1, -0.05) is 55.4 Å². The van der Waals surface area contributed by atoms with Crippen LogP contribution in [0.25, 0.3) is 0 Å². The van der Waals surface area contributed by atoms with Gasteiger partial charge < -0.3 is 4.74 Å². The van der Waals surface area contributed by atoms with Crippen LogP contribution >= 0.6 is 0 Å². The summed E-state index contributed by atoms with van der Waals surface area (Å²) in [5, 5.41) is 0. The van der Waals surface area contributed by atoms with E-state index in [1.807, 2.05) is 0 Å². The minimum absolute atomic E-state index is 0.168. The largest absolute Gasteiger partial charge is 0.370 e. The monoisotopic (exact) mass is 288 g/mol. The first-order chi connectivity index (χ1) is 9.90. The third-order valence-electron chi connectivity index (χ3n) is 4.16. The zero-order chi connectivity index (χ0) is 15.8. The molecule has 0 bridgehead atoms. The first-order valence-corrected chi connectivity index (χ1v) is 8.19. The molecule has 0 amide bonds. The van der Waals surface area contributed by atoms with Gasteiger partial charge in [0.25, 0.3) is 0 Å². The smallest absolute Gasteiger partial charge is 0.0787 e. The molecule has 0 spiro atoms. The van der Waals surface area contributed by atoms with Crippen LogP contribution in [0.4, 0.5) is 0 Å². The van der Waals surface area contributed by atoms with Gasteiger partial charge in [0.1, 0.15) is 0 Å². The van der Waals surface area contributed by atoms with Crippen molar-refractivity contribution < 1.29 is 4.74 Å². The third kappa shape index (κ3) is 6.95. The molecule has 1 rings (SSSR count). The molecule has 0 saturated heterocycles. The summed E-state index contributed by atoms with van der Waals surface area (Å²) in [4.78, 5) is 0. The molecule has 0 radical (unpaired) electrons. The maximum atomic E-state index is 6.15. The molecule has 0 N–H and O–H groups in total. The van der Waals surface area contributed by atoms with Crippen molar-refractivity contribution in [3.05, 3.63) is 47.1 Å². The zero-order valence-corrected chi connectivity index (χ0v) is 14.5. The van der Waals surface area contributed by atoms with E-state index >= 15 is 0 Å². The Morgan fingerprint density at radius 2 is 1.90 bits per heavy atom. The maximum Gasteiger partial charge on any atom is 0.0787 e. The quantitative estimate of drug-likeness (QED) is 0.566. The van der Waals surface area contributed by atoms with Crippen molar-refractivity contribution >= 4 is 0 Å². The van der Waals surface area contributed by atoms with Crippen LogP contribution < -0.4 is 0 Å². The fourth-order valence-electron chi connectivity index (χ4n) is 2.42. The molecule has 21 heavy (non-hydrogen) atoms. The van der Waals surface area contributed by atoms with Crippen molar-refractivity contribution in [3.63, 3.8) is 0 Å². The highest BCUT2D eigenvalue weighted by Gasteiger charge is 2.13. The summed E-state index contributed by atoms with van der Waals surface area (Å²) in [7, 11) is 0. The molecule has 1 nitrogen and oxygen atoms in total. The lowest BCUT2D eigenvalue weighted by atomic mass is 10.0. The highest BCUT2D eigenvalue weighted by atomic mass is 16.5. The lowest BCUT2D eigenvalue weighted by Gasteiger charge is -2.20. The number of allylic oxidation sites excluding steroid dienone is 5. The van der Waals surface area contributed by atoms with Crippen LogP contribution in [0.1, 0.15) is 60.3 Å². The number of rotatable bonds is 2. The lowest BCUT2D eigenvalue weighted by Crippen LogP contribution is -2.17. The van der Waals surface area contributed by atoms with Gasteiger partial charge in [-0.15, -0.1) is 0 Å². The Kier molecular flexibility index (Phi) is 7.74. The highest BCUT2D eigenvalue weighted by Crippen LogP contribution is 2.20. The van der Waals surface area contributed by atoms with Gasteiger partial charge >= 0.3 is 0 Å². The van der Waals surface area contributed by atoms with Gasteiger partial charge in [-0.2, -0.15) is 0 Å². The Labute approximate surface area is 131 Å². The van der Waals surface area contributed by atoms with Crippen LogP contribution in [-0.2, 0) is 4.74 Å². The molecule has 1 aliphatic rings. The second kappa shape index (κ2) is 9.04. The van der Waals surface area contributed by atoms with Crippen molar-refractivity contribution in [1.29, 1.82) is 0 Å². The van der Waals surface area contributed by atoms with E-state index in [1.54, 1.807) is 0 Å². The molecule has 0 aliphatic carbocycles. The molecule has 0 aromatic rings. The predicted octanol–water partition coefficient (Wildman–Crippen LogP) is 6.00. The average molecular weight is 288 g/mol. The van der Waals surface area contributed by atoms with Gasteiger partial charge in [-0.25, -0.2) is 0 Å². The molecule has 1 atom stereocenters. The Morgan fingerprint density at radius 1 is 1.19 bits per heavy atom. The van der Waals surface area contributed by atoms with E-state index in [0.29, 0.717) is 12.5 Å². The topological polar surface area (TPSA) is 9.23 Å². The average Bonchev–Trinajstić information content (AvgIpc) is 2.41. The summed E-state index contributed by atoms with van der Waals surface area (Å²) in [6.07, 6.45) is 11.5. The highest BCUT2D eigenvalue weighted by molar-refractivity contribution is 5.19. The molecule has 0 unspecified atom stereocenters. The van der Waals surface area contributed by atoms with Gasteiger partial charge in [0.05, 0.1) is 12.7 Å². The van der Waals surface area contributed by atoms with Gasteiger partial charge in [-0.3, -0.25) is 0 Å². The minimum atomic E-state index is 0.168.